The van der Waals surface area contributed by atoms with E-state index in [9.17, 15) is 9.59 Å². The average Bonchev–Trinajstić information content (AvgIpc) is 3.44. The van der Waals surface area contributed by atoms with E-state index in [1.807, 2.05) is 74.6 Å². The van der Waals surface area contributed by atoms with Crippen LogP contribution < -0.4 is 20.4 Å². The topological polar surface area (TPSA) is 132 Å². The van der Waals surface area contributed by atoms with Crippen molar-refractivity contribution in [1.29, 1.82) is 0 Å². The third kappa shape index (κ3) is 4.74. The highest BCUT2D eigenvalue weighted by Gasteiger charge is 2.31. The van der Waals surface area contributed by atoms with Gasteiger partial charge in [-0.25, -0.2) is 14.9 Å². The second-order valence-electron chi connectivity index (χ2n) is 8.54. The van der Waals surface area contributed by atoms with E-state index in [1.54, 1.807) is 24.1 Å². The number of likely N-dealkylation sites (N-methyl/N-ethyl adjacent to an activating group) is 1. The molecule has 0 unspecified atom stereocenters. The Morgan fingerprint density at radius 2 is 1.81 bits per heavy atom. The van der Waals surface area contributed by atoms with Gasteiger partial charge in [0.15, 0.2) is 0 Å². The summed E-state index contributed by atoms with van der Waals surface area (Å²) in [5, 5.41) is 19.4. The molecular weight excluding hydrogens is 470 g/mol. The van der Waals surface area contributed by atoms with E-state index in [1.165, 1.54) is 4.90 Å². The second kappa shape index (κ2) is 9.90. The summed E-state index contributed by atoms with van der Waals surface area (Å²) in [7, 11) is 3.49. The van der Waals surface area contributed by atoms with Crippen LogP contribution in [0, 0.1) is 6.92 Å². The van der Waals surface area contributed by atoms with Crippen molar-refractivity contribution in [2.45, 2.75) is 13.1 Å². The number of fused-ring (bicyclic) bond motifs is 1. The van der Waals surface area contributed by atoms with Crippen LogP contribution in [0.4, 0.5) is 27.8 Å². The summed E-state index contributed by atoms with van der Waals surface area (Å²) in [6.45, 7) is 1.94. The number of amides is 3. The number of aromatic nitrogens is 4. The Kier molecular flexibility index (Phi) is 6.33. The van der Waals surface area contributed by atoms with Crippen LogP contribution in [0.2, 0.25) is 0 Å². The van der Waals surface area contributed by atoms with E-state index in [4.69, 9.17) is 4.99 Å². The van der Waals surface area contributed by atoms with Gasteiger partial charge in [0.05, 0.1) is 11.4 Å². The number of hydrogen-bond acceptors (Lipinski definition) is 7. The molecule has 0 saturated carbocycles. The van der Waals surface area contributed by atoms with E-state index < -0.39 is 12.2 Å². The van der Waals surface area contributed by atoms with Gasteiger partial charge in [-0.3, -0.25) is 4.79 Å². The van der Waals surface area contributed by atoms with Crippen LogP contribution in [0.1, 0.15) is 16.7 Å². The molecule has 11 nitrogen and oxygen atoms in total. The van der Waals surface area contributed by atoms with Crippen molar-refractivity contribution in [1.82, 2.24) is 25.9 Å². The van der Waals surface area contributed by atoms with Gasteiger partial charge in [-0.2, -0.15) is 0 Å². The molecular formula is C26H25N9O2. The van der Waals surface area contributed by atoms with Gasteiger partial charge >= 0.3 is 6.03 Å². The van der Waals surface area contributed by atoms with E-state index >= 15 is 0 Å². The number of benzodiazepines with no additional fused rings is 1. The minimum atomic E-state index is -1.12. The second-order valence-corrected chi connectivity index (χ2v) is 8.54. The fourth-order valence-electron chi connectivity index (χ4n) is 4.19. The lowest BCUT2D eigenvalue weighted by molar-refractivity contribution is -0.119. The molecule has 2 heterocycles. The number of aromatic amines is 1. The highest BCUT2D eigenvalue weighted by atomic mass is 16.2. The molecule has 37 heavy (non-hydrogen) atoms. The third-order valence-electron chi connectivity index (χ3n) is 6.14. The van der Waals surface area contributed by atoms with Crippen LogP contribution in [0.5, 0.6) is 0 Å². The molecule has 186 valence electrons. The molecule has 3 aromatic carbocycles. The Morgan fingerprint density at radius 3 is 2.57 bits per heavy atom. The van der Waals surface area contributed by atoms with Gasteiger partial charge < -0.3 is 20.4 Å². The zero-order valence-electron chi connectivity index (χ0n) is 20.5. The molecule has 0 saturated heterocycles. The zero-order chi connectivity index (χ0) is 25.9. The highest BCUT2D eigenvalue weighted by molar-refractivity contribution is 6.20. The number of nitrogens with one attached hydrogen (secondary N) is 3. The van der Waals surface area contributed by atoms with E-state index in [-0.39, 0.29) is 5.91 Å². The molecule has 5 rings (SSSR count). The summed E-state index contributed by atoms with van der Waals surface area (Å²) in [5.74, 6) is 0.106. The number of carbonyl (C=O) groups is 2. The van der Waals surface area contributed by atoms with Crippen molar-refractivity contribution < 1.29 is 9.59 Å². The average molecular weight is 496 g/mol. The molecule has 4 aromatic rings. The normalized spacial score (nSPS) is 14.9. The predicted octanol–water partition coefficient (Wildman–Crippen LogP) is 3.24. The summed E-state index contributed by atoms with van der Waals surface area (Å²) in [4.78, 5) is 34.4. The predicted molar refractivity (Wildman–Crippen MR) is 141 cm³/mol. The lowest BCUT2D eigenvalue weighted by atomic mass is 10.0. The minimum absolute atomic E-state index is 0.351. The number of anilines is 4. The Bertz CT molecular complexity index is 1470. The van der Waals surface area contributed by atoms with Crippen LogP contribution >= 0.6 is 0 Å². The molecule has 11 heteroatoms. The van der Waals surface area contributed by atoms with Crippen molar-refractivity contribution in [2.75, 3.05) is 29.2 Å². The summed E-state index contributed by atoms with van der Waals surface area (Å²) in [5.41, 5.74) is 5.27. The number of aryl methyl sites for hydroxylation is 1. The first-order valence-corrected chi connectivity index (χ1v) is 11.6. The Hall–Kier alpha value is -5.06. The fourth-order valence-corrected chi connectivity index (χ4v) is 4.19. The Labute approximate surface area is 213 Å². The summed E-state index contributed by atoms with van der Waals surface area (Å²) < 4.78 is 0. The molecule has 1 aliphatic heterocycles. The molecule has 3 amide bonds. The number of carbonyl (C=O) groups excluding carboxylic acids is 2. The van der Waals surface area contributed by atoms with Crippen molar-refractivity contribution in [3.05, 3.63) is 89.5 Å². The van der Waals surface area contributed by atoms with Crippen LogP contribution in [-0.2, 0) is 4.79 Å². The smallest absolute Gasteiger partial charge is 0.312 e. The molecule has 0 fully saturated rings. The maximum atomic E-state index is 13.3. The van der Waals surface area contributed by atoms with Gasteiger partial charge in [-0.1, -0.05) is 59.7 Å². The number of nitrogens with zero attached hydrogens (tertiary/aromatic N) is 6. The monoisotopic (exact) mass is 495 g/mol. The first-order chi connectivity index (χ1) is 17.9. The van der Waals surface area contributed by atoms with E-state index in [2.05, 4.69) is 31.3 Å². The van der Waals surface area contributed by atoms with Crippen molar-refractivity contribution in [2.24, 2.45) is 4.99 Å². The molecule has 1 aliphatic rings. The Balaban J connectivity index is 1.42. The summed E-state index contributed by atoms with van der Waals surface area (Å²) >= 11 is 0. The number of tetrazole rings is 1. The van der Waals surface area contributed by atoms with Crippen molar-refractivity contribution in [3.63, 3.8) is 0 Å². The van der Waals surface area contributed by atoms with Gasteiger partial charge in [-0.05, 0) is 41.1 Å². The minimum Gasteiger partial charge on any atom is -0.312 e. The fraction of sp³-hybridized carbons (Fsp3) is 0.154. The number of aliphatic imine (C=N–C) groups is 1. The van der Waals surface area contributed by atoms with Crippen molar-refractivity contribution in [3.8, 4) is 0 Å². The van der Waals surface area contributed by atoms with E-state index in [0.717, 1.165) is 22.4 Å². The SMILES string of the molecule is Cc1ccc(NC(=O)N[C@@H]2N=C(c3ccccc3)c3ccccc3N(C)C2=O)cc1N(C)c1nnn[nH]1. The number of para-hydroxylation sites is 1. The largest absolute Gasteiger partial charge is 0.321 e. The molecule has 1 atom stereocenters. The summed E-state index contributed by atoms with van der Waals surface area (Å²) in [6.07, 6.45) is -1.12. The first-order valence-electron chi connectivity index (χ1n) is 11.6. The Morgan fingerprint density at radius 1 is 1.05 bits per heavy atom. The lowest BCUT2D eigenvalue weighted by Gasteiger charge is -2.21. The molecule has 3 N–H and O–H groups in total. The van der Waals surface area contributed by atoms with Crippen LogP contribution in [-0.4, -0.2) is 58.5 Å². The number of hydrogen-bond donors (Lipinski definition) is 3. The van der Waals surface area contributed by atoms with Crippen LogP contribution in [0.3, 0.4) is 0 Å². The van der Waals surface area contributed by atoms with Gasteiger partial charge in [0.2, 0.25) is 12.1 Å². The lowest BCUT2D eigenvalue weighted by Crippen LogP contribution is -2.47. The third-order valence-corrected chi connectivity index (χ3v) is 6.14. The van der Waals surface area contributed by atoms with E-state index in [0.29, 0.717) is 23.0 Å². The van der Waals surface area contributed by atoms with Crippen LogP contribution in [0.25, 0.3) is 0 Å². The quantitative estimate of drug-likeness (QED) is 0.390. The molecule has 0 bridgehead atoms. The summed E-state index contributed by atoms with van der Waals surface area (Å²) in [6, 6.07) is 22.0. The standard InChI is InChI=1S/C26H25N9O2/c1-16-13-14-18(15-21(16)35(3)25-30-32-33-31-25)27-26(37)29-23-24(36)34(2)20-12-8-7-11-19(20)22(28-23)17-9-5-4-6-10-17/h4-15,23H,1-3H3,(H2,27,29,37)(H,30,31,32,33)/t23-/m0/s1. The van der Waals surface area contributed by atoms with Crippen molar-refractivity contribution >= 4 is 40.7 Å². The highest BCUT2D eigenvalue weighted by Crippen LogP contribution is 2.28. The molecule has 0 radical (unpaired) electrons. The number of H-pyrrole nitrogens is 1. The van der Waals surface area contributed by atoms with Gasteiger partial charge in [0.25, 0.3) is 5.91 Å². The van der Waals surface area contributed by atoms with Gasteiger partial charge in [0, 0.05) is 36.6 Å². The molecule has 0 spiro atoms. The molecule has 0 aliphatic carbocycles. The number of urea groups is 1. The van der Waals surface area contributed by atoms with Crippen LogP contribution in [0.15, 0.2) is 77.8 Å². The maximum absolute atomic E-state index is 13.3. The number of rotatable bonds is 5. The number of benzene rings is 3. The van der Waals surface area contributed by atoms with Gasteiger partial charge in [-0.15, -0.1) is 0 Å². The zero-order valence-corrected chi connectivity index (χ0v) is 20.5. The first kappa shape index (κ1) is 23.7. The molecule has 1 aromatic heterocycles. The maximum Gasteiger partial charge on any atom is 0.321 e. The van der Waals surface area contributed by atoms with Gasteiger partial charge in [0.1, 0.15) is 0 Å².